The highest BCUT2D eigenvalue weighted by Gasteiger charge is 2.20. The maximum Gasteiger partial charge on any atom is 0.245 e. The monoisotopic (exact) mass is 308 g/mol. The fraction of sp³-hybridized carbons (Fsp3) is 0.688. The molecule has 0 saturated heterocycles. The van der Waals surface area contributed by atoms with Crippen LogP contribution in [0.3, 0.4) is 0 Å². The number of aryl methyl sites for hydroxylation is 1. The minimum absolute atomic E-state index is 0.00242. The van der Waals surface area contributed by atoms with Crippen LogP contribution in [-0.4, -0.2) is 39.6 Å². The van der Waals surface area contributed by atoms with Gasteiger partial charge in [-0.25, -0.2) is 0 Å². The predicted molar refractivity (Wildman–Crippen MR) is 87.7 cm³/mol. The molecule has 1 aromatic rings. The Kier molecular flexibility index (Phi) is 6.14. The van der Waals surface area contributed by atoms with Crippen molar-refractivity contribution in [2.75, 3.05) is 18.4 Å². The number of rotatable bonds is 6. The summed E-state index contributed by atoms with van der Waals surface area (Å²) in [6.45, 7) is 10.7. The van der Waals surface area contributed by atoms with Crippen LogP contribution in [0.15, 0.2) is 6.07 Å². The van der Waals surface area contributed by atoms with Crippen LogP contribution in [0.4, 0.5) is 5.82 Å². The third-order valence-corrected chi connectivity index (χ3v) is 3.40. The van der Waals surface area contributed by atoms with Gasteiger partial charge >= 0.3 is 0 Å². The molecule has 0 bridgehead atoms. The minimum atomic E-state index is -0.196. The molecule has 0 unspecified atom stereocenters. The minimum Gasteiger partial charge on any atom is -0.333 e. The Labute approximate surface area is 132 Å². The third kappa shape index (κ3) is 4.86. The molecule has 1 rings (SSSR count). The largest absolute Gasteiger partial charge is 0.333 e. The van der Waals surface area contributed by atoms with Gasteiger partial charge in [0.15, 0.2) is 0 Å². The number of nitrogens with one attached hydrogen (secondary N) is 1. The lowest BCUT2D eigenvalue weighted by molar-refractivity contribution is -0.134. The number of anilines is 1. The Balaban J connectivity index is 2.76. The molecule has 0 atom stereocenters. The van der Waals surface area contributed by atoms with Crippen LogP contribution in [0.1, 0.15) is 53.2 Å². The Hall–Kier alpha value is -1.85. The van der Waals surface area contributed by atoms with Gasteiger partial charge in [-0.3, -0.25) is 14.3 Å². The van der Waals surface area contributed by atoms with Crippen molar-refractivity contribution in [3.05, 3.63) is 11.8 Å². The van der Waals surface area contributed by atoms with Gasteiger partial charge in [0.05, 0.1) is 12.2 Å². The van der Waals surface area contributed by atoms with Gasteiger partial charge in [-0.05, 0) is 6.42 Å². The summed E-state index contributed by atoms with van der Waals surface area (Å²) in [5.74, 6) is 0.450. The molecular formula is C16H28N4O2. The van der Waals surface area contributed by atoms with E-state index in [2.05, 4.69) is 31.2 Å². The molecule has 0 aromatic carbocycles. The second-order valence-electron chi connectivity index (χ2n) is 6.51. The highest BCUT2D eigenvalue weighted by atomic mass is 16.2. The van der Waals surface area contributed by atoms with E-state index in [1.54, 1.807) is 23.6 Å². The Morgan fingerprint density at radius 2 is 1.95 bits per heavy atom. The zero-order chi connectivity index (χ0) is 16.9. The van der Waals surface area contributed by atoms with Gasteiger partial charge in [0.1, 0.15) is 5.82 Å². The van der Waals surface area contributed by atoms with E-state index in [0.717, 1.165) is 12.1 Å². The molecule has 0 aliphatic heterocycles. The van der Waals surface area contributed by atoms with Crippen LogP contribution in [0.25, 0.3) is 0 Å². The summed E-state index contributed by atoms with van der Waals surface area (Å²) in [6.07, 6.45) is 1.24. The first kappa shape index (κ1) is 18.2. The normalized spacial score (nSPS) is 11.4. The van der Waals surface area contributed by atoms with Crippen LogP contribution < -0.4 is 5.32 Å². The molecule has 1 N–H and O–H groups in total. The zero-order valence-corrected chi connectivity index (χ0v) is 14.6. The quantitative estimate of drug-likeness (QED) is 0.877. The van der Waals surface area contributed by atoms with E-state index in [-0.39, 0.29) is 23.8 Å². The fourth-order valence-electron chi connectivity index (χ4n) is 2.09. The average Bonchev–Trinajstić information content (AvgIpc) is 2.78. The summed E-state index contributed by atoms with van der Waals surface area (Å²) < 4.78 is 1.66. The molecule has 0 aliphatic carbocycles. The average molecular weight is 308 g/mol. The molecule has 0 fully saturated rings. The Morgan fingerprint density at radius 1 is 1.32 bits per heavy atom. The lowest BCUT2D eigenvalue weighted by Gasteiger charge is -2.20. The molecule has 22 heavy (non-hydrogen) atoms. The van der Waals surface area contributed by atoms with E-state index in [0.29, 0.717) is 18.8 Å². The van der Waals surface area contributed by atoms with Gasteiger partial charge in [0.2, 0.25) is 11.8 Å². The summed E-state index contributed by atoms with van der Waals surface area (Å²) in [5.41, 5.74) is 0.841. The number of hydrogen-bond donors (Lipinski definition) is 1. The molecule has 1 aromatic heterocycles. The first-order valence-electron chi connectivity index (χ1n) is 7.81. The van der Waals surface area contributed by atoms with E-state index < -0.39 is 0 Å². The molecule has 6 nitrogen and oxygen atoms in total. The van der Waals surface area contributed by atoms with Crippen LogP contribution >= 0.6 is 0 Å². The Morgan fingerprint density at radius 3 is 2.41 bits per heavy atom. The number of carbonyl (C=O) groups excluding carboxylic acids is 2. The second-order valence-corrected chi connectivity index (χ2v) is 6.51. The van der Waals surface area contributed by atoms with E-state index in [1.165, 1.54) is 0 Å². The lowest BCUT2D eigenvalue weighted by atomic mass is 9.92. The van der Waals surface area contributed by atoms with Crippen molar-refractivity contribution in [1.82, 2.24) is 14.7 Å². The van der Waals surface area contributed by atoms with Crippen molar-refractivity contribution in [2.24, 2.45) is 7.05 Å². The summed E-state index contributed by atoms with van der Waals surface area (Å²) in [6, 6.07) is 1.88. The number of nitrogens with zero attached hydrogens (tertiary/aromatic N) is 3. The molecule has 2 amide bonds. The van der Waals surface area contributed by atoms with Crippen LogP contribution in [0.2, 0.25) is 0 Å². The molecule has 0 aliphatic rings. The molecule has 0 spiro atoms. The number of hydrogen-bond acceptors (Lipinski definition) is 3. The van der Waals surface area contributed by atoms with E-state index >= 15 is 0 Å². The van der Waals surface area contributed by atoms with Crippen molar-refractivity contribution in [3.8, 4) is 0 Å². The topological polar surface area (TPSA) is 67.2 Å². The SMILES string of the molecule is CCCN(CC(=O)Nc1cc(C(C)(C)C)nn1C)C(=O)CC. The molecule has 0 radical (unpaired) electrons. The maximum atomic E-state index is 12.2. The molecular weight excluding hydrogens is 280 g/mol. The van der Waals surface area contributed by atoms with Crippen molar-refractivity contribution in [1.29, 1.82) is 0 Å². The number of carbonyl (C=O) groups is 2. The van der Waals surface area contributed by atoms with E-state index in [4.69, 9.17) is 0 Å². The van der Waals surface area contributed by atoms with Gasteiger partial charge in [-0.1, -0.05) is 34.6 Å². The maximum absolute atomic E-state index is 12.2. The van der Waals surface area contributed by atoms with Crippen molar-refractivity contribution < 1.29 is 9.59 Å². The van der Waals surface area contributed by atoms with Crippen LogP contribution in [0, 0.1) is 0 Å². The highest BCUT2D eigenvalue weighted by molar-refractivity contribution is 5.93. The lowest BCUT2D eigenvalue weighted by Crippen LogP contribution is -2.38. The summed E-state index contributed by atoms with van der Waals surface area (Å²) >= 11 is 0. The number of amides is 2. The standard InChI is InChI=1S/C16H28N4O2/c1-7-9-20(15(22)8-2)11-14(21)17-13-10-12(16(3,4)5)18-19(13)6/h10H,7-9,11H2,1-6H3,(H,17,21). The van der Waals surface area contributed by atoms with Crippen LogP contribution in [0.5, 0.6) is 0 Å². The predicted octanol–water partition coefficient (Wildman–Crippen LogP) is 2.30. The van der Waals surface area contributed by atoms with E-state index in [9.17, 15) is 9.59 Å². The summed E-state index contributed by atoms with van der Waals surface area (Å²) in [7, 11) is 1.80. The highest BCUT2D eigenvalue weighted by Crippen LogP contribution is 2.23. The third-order valence-electron chi connectivity index (χ3n) is 3.40. The Bertz CT molecular complexity index is 529. The van der Waals surface area contributed by atoms with Gasteiger partial charge in [0, 0.05) is 31.5 Å². The molecule has 6 heteroatoms. The molecule has 124 valence electrons. The first-order chi connectivity index (χ1) is 10.2. The van der Waals surface area contributed by atoms with E-state index in [1.807, 2.05) is 13.0 Å². The molecule has 0 saturated carbocycles. The van der Waals surface area contributed by atoms with Gasteiger partial charge in [-0.15, -0.1) is 0 Å². The van der Waals surface area contributed by atoms with Crippen molar-refractivity contribution in [3.63, 3.8) is 0 Å². The summed E-state index contributed by atoms with van der Waals surface area (Å²) in [5, 5.41) is 7.26. The fourth-order valence-corrected chi connectivity index (χ4v) is 2.09. The van der Waals surface area contributed by atoms with Crippen LogP contribution in [-0.2, 0) is 22.1 Å². The van der Waals surface area contributed by atoms with Gasteiger partial charge in [-0.2, -0.15) is 5.10 Å². The molecule has 1 heterocycles. The van der Waals surface area contributed by atoms with Crippen molar-refractivity contribution >= 4 is 17.6 Å². The zero-order valence-electron chi connectivity index (χ0n) is 14.6. The smallest absolute Gasteiger partial charge is 0.245 e. The van der Waals surface area contributed by atoms with Crippen molar-refractivity contribution in [2.45, 2.75) is 52.9 Å². The first-order valence-corrected chi connectivity index (χ1v) is 7.81. The number of aromatic nitrogens is 2. The van der Waals surface area contributed by atoms with Gasteiger partial charge in [0.25, 0.3) is 0 Å². The second kappa shape index (κ2) is 7.42. The summed E-state index contributed by atoms with van der Waals surface area (Å²) in [4.78, 5) is 25.6. The van der Waals surface area contributed by atoms with Gasteiger partial charge < -0.3 is 10.2 Å².